The van der Waals surface area contributed by atoms with Crippen molar-refractivity contribution in [2.24, 2.45) is 0 Å². The van der Waals surface area contributed by atoms with Crippen LogP contribution in [-0.4, -0.2) is 73.3 Å². The fraction of sp³-hybridized carbons (Fsp3) is 1.00. The summed E-state index contributed by atoms with van der Waals surface area (Å²) in [5.41, 5.74) is 0. The molecule has 0 unspecified atom stereocenters. The zero-order valence-electron chi connectivity index (χ0n) is 11.7. The van der Waals surface area contributed by atoms with Crippen LogP contribution in [0.4, 0.5) is 0 Å². The molecule has 0 aromatic rings. The zero-order chi connectivity index (χ0) is 14.0. The predicted octanol–water partition coefficient (Wildman–Crippen LogP) is -1.33. The number of hydrogen-bond acceptors (Lipinski definition) is 6. The maximum Gasteiger partial charge on any atom is 0.0319 e. The molecular formula is C8H30O6Ti2. The van der Waals surface area contributed by atoms with Gasteiger partial charge in [0.15, 0.2) is 0 Å². The van der Waals surface area contributed by atoms with Crippen molar-refractivity contribution in [2.75, 3.05) is 42.7 Å². The van der Waals surface area contributed by atoms with Gasteiger partial charge in [-0.15, -0.1) is 0 Å². The first kappa shape index (κ1) is 67.2. The first-order valence-electron chi connectivity index (χ1n) is 3.68. The molecule has 6 nitrogen and oxygen atoms in total. The van der Waals surface area contributed by atoms with E-state index in [1.165, 1.54) is 0 Å². The average Bonchev–Trinajstić information content (AvgIpc) is 2.45. The third-order valence-corrected chi connectivity index (χ3v) is 0. The van der Waals surface area contributed by atoms with E-state index in [4.69, 9.17) is 30.6 Å². The molecule has 0 saturated heterocycles. The van der Waals surface area contributed by atoms with Gasteiger partial charge in [0.25, 0.3) is 0 Å². The predicted molar refractivity (Wildman–Crippen MR) is 60.2 cm³/mol. The van der Waals surface area contributed by atoms with Gasteiger partial charge in [0, 0.05) is 86.1 Å². The monoisotopic (exact) mass is 318 g/mol. The van der Waals surface area contributed by atoms with E-state index in [1.807, 2.05) is 13.8 Å². The van der Waals surface area contributed by atoms with Crippen molar-refractivity contribution < 1.29 is 74.1 Å². The summed E-state index contributed by atoms with van der Waals surface area (Å²) in [5.74, 6) is 0. The van der Waals surface area contributed by atoms with Crippen LogP contribution in [0.15, 0.2) is 0 Å². The fourth-order valence-corrected chi connectivity index (χ4v) is 0. The molecule has 0 aromatic heterocycles. The molecule has 0 rings (SSSR count). The van der Waals surface area contributed by atoms with Gasteiger partial charge in [0.1, 0.15) is 0 Å². The van der Waals surface area contributed by atoms with E-state index in [9.17, 15) is 0 Å². The summed E-state index contributed by atoms with van der Waals surface area (Å²) in [6.07, 6.45) is 0. The molecule has 0 aromatic carbocycles. The van der Waals surface area contributed by atoms with Gasteiger partial charge >= 0.3 is 0 Å². The Morgan fingerprint density at radius 3 is 0.312 bits per heavy atom. The van der Waals surface area contributed by atoms with E-state index < -0.39 is 0 Å². The van der Waals surface area contributed by atoms with Crippen molar-refractivity contribution in [3.05, 3.63) is 0 Å². The summed E-state index contributed by atoms with van der Waals surface area (Å²) in [5, 5.41) is 42.0. The Hall–Kier alpha value is 1.19. The zero-order valence-corrected chi connectivity index (χ0v) is 14.8. The molecule has 0 saturated carbocycles. The molecule has 0 amide bonds. The Bertz CT molecular complexity index is 22.5. The van der Waals surface area contributed by atoms with Gasteiger partial charge in [-0.3, -0.25) is 0 Å². The first-order valence-corrected chi connectivity index (χ1v) is 3.68. The quantitative estimate of drug-likeness (QED) is 0.308. The van der Waals surface area contributed by atoms with E-state index in [0.29, 0.717) is 0 Å². The topological polar surface area (TPSA) is 121 Å². The minimum atomic E-state index is 0. The molecule has 0 bridgehead atoms. The van der Waals surface area contributed by atoms with Crippen LogP contribution in [-0.2, 0) is 43.4 Å². The fourth-order valence-electron chi connectivity index (χ4n) is 0. The van der Waals surface area contributed by atoms with Crippen LogP contribution in [0.25, 0.3) is 0 Å². The average molecular weight is 318 g/mol. The molecule has 0 radical (unpaired) electrons. The van der Waals surface area contributed by atoms with Crippen molar-refractivity contribution in [3.8, 4) is 0 Å². The van der Waals surface area contributed by atoms with Gasteiger partial charge in [-0.05, 0) is 0 Å². The van der Waals surface area contributed by atoms with Crippen LogP contribution in [0.1, 0.15) is 13.8 Å². The molecule has 0 heterocycles. The van der Waals surface area contributed by atoms with Gasteiger partial charge in [-0.25, -0.2) is 0 Å². The van der Waals surface area contributed by atoms with Gasteiger partial charge in [0.2, 0.25) is 0 Å². The van der Waals surface area contributed by atoms with Crippen molar-refractivity contribution in [1.82, 2.24) is 0 Å². The summed E-state index contributed by atoms with van der Waals surface area (Å²) in [6, 6.07) is 0. The van der Waals surface area contributed by atoms with Crippen LogP contribution in [0.3, 0.4) is 0 Å². The van der Waals surface area contributed by atoms with E-state index in [-0.39, 0.29) is 43.4 Å². The van der Waals surface area contributed by atoms with Gasteiger partial charge < -0.3 is 30.6 Å². The summed E-state index contributed by atoms with van der Waals surface area (Å²) in [6.45, 7) is 4.00. The van der Waals surface area contributed by atoms with Gasteiger partial charge in [-0.2, -0.15) is 0 Å². The van der Waals surface area contributed by atoms with Crippen LogP contribution >= 0.6 is 0 Å². The van der Waals surface area contributed by atoms with Crippen LogP contribution in [0, 0.1) is 0 Å². The second-order valence-electron chi connectivity index (χ2n) is 0. The third-order valence-electron chi connectivity index (χ3n) is 0. The minimum Gasteiger partial charge on any atom is -0.400 e. The number of rotatable bonds is 0. The molecule has 8 heteroatoms. The first-order chi connectivity index (χ1) is 7.00. The second kappa shape index (κ2) is 2640. The van der Waals surface area contributed by atoms with E-state index in [0.717, 1.165) is 42.7 Å². The molecule has 0 spiro atoms. The Kier molecular flexibility index (Phi) is 11100. The molecule has 0 fully saturated rings. The van der Waals surface area contributed by atoms with E-state index >= 15 is 0 Å². The Labute approximate surface area is 130 Å². The van der Waals surface area contributed by atoms with Crippen LogP contribution < -0.4 is 0 Å². The number of hydrogen-bond donors (Lipinski definition) is 6. The van der Waals surface area contributed by atoms with Crippen LogP contribution in [0.2, 0.25) is 0 Å². The second-order valence-corrected chi connectivity index (χ2v) is 0. The van der Waals surface area contributed by atoms with E-state index in [1.54, 1.807) is 0 Å². The molecule has 0 aliphatic carbocycles. The minimum absolute atomic E-state index is 0. The van der Waals surface area contributed by atoms with Gasteiger partial charge in [-0.1, -0.05) is 13.8 Å². The molecule has 0 atom stereocenters. The normalized spacial score (nSPS) is 2.62. The molecule has 106 valence electrons. The van der Waals surface area contributed by atoms with Crippen LogP contribution in [0.5, 0.6) is 0 Å². The maximum atomic E-state index is 7.00. The van der Waals surface area contributed by atoms with Crippen molar-refractivity contribution in [2.45, 2.75) is 13.8 Å². The molecule has 0 aliphatic rings. The number of aliphatic hydroxyl groups is 6. The standard InChI is InChI=1S/C2H6.6CH4O.2Ti/c7*1-2;;/h1-2H3;6*2H,1H3;;. The SMILES string of the molecule is CC.CO.CO.CO.CO.CO.CO.[Ti].[Ti]. The van der Waals surface area contributed by atoms with Gasteiger partial charge in [0.05, 0.1) is 0 Å². The van der Waals surface area contributed by atoms with Crippen molar-refractivity contribution in [3.63, 3.8) is 0 Å². The Balaban J connectivity index is -0.00000000500. The Morgan fingerprint density at radius 1 is 0.312 bits per heavy atom. The third kappa shape index (κ3) is 2160. The molecule has 0 aliphatic heterocycles. The summed E-state index contributed by atoms with van der Waals surface area (Å²) in [4.78, 5) is 0. The smallest absolute Gasteiger partial charge is 0.0319 e. The number of aliphatic hydroxyl groups excluding tert-OH is 6. The maximum absolute atomic E-state index is 7.00. The summed E-state index contributed by atoms with van der Waals surface area (Å²) < 4.78 is 0. The molecule has 16 heavy (non-hydrogen) atoms. The Morgan fingerprint density at radius 2 is 0.312 bits per heavy atom. The van der Waals surface area contributed by atoms with Crippen molar-refractivity contribution >= 4 is 0 Å². The molecular weight excluding hydrogens is 288 g/mol. The summed E-state index contributed by atoms with van der Waals surface area (Å²) in [7, 11) is 6.00. The summed E-state index contributed by atoms with van der Waals surface area (Å²) >= 11 is 0. The van der Waals surface area contributed by atoms with E-state index in [2.05, 4.69) is 0 Å². The molecule has 6 N–H and O–H groups in total. The largest absolute Gasteiger partial charge is 0.400 e. The van der Waals surface area contributed by atoms with Crippen molar-refractivity contribution in [1.29, 1.82) is 0 Å².